The van der Waals surface area contributed by atoms with Crippen molar-refractivity contribution in [1.82, 2.24) is 5.32 Å². The predicted molar refractivity (Wildman–Crippen MR) is 84.8 cm³/mol. The predicted octanol–water partition coefficient (Wildman–Crippen LogP) is 2.48. The van der Waals surface area contributed by atoms with Gasteiger partial charge in [0.25, 0.3) is 0 Å². The molecule has 2 aromatic carbocycles. The molecule has 0 spiro atoms. The minimum Gasteiger partial charge on any atom is -0.492 e. The zero-order chi connectivity index (χ0) is 14.9. The van der Waals surface area contributed by atoms with E-state index in [1.54, 1.807) is 18.2 Å². The second-order valence-electron chi connectivity index (χ2n) is 4.45. The van der Waals surface area contributed by atoms with Gasteiger partial charge in [-0.3, -0.25) is 4.79 Å². The van der Waals surface area contributed by atoms with Gasteiger partial charge in [-0.15, -0.1) is 0 Å². The van der Waals surface area contributed by atoms with Crippen LogP contribution in [0.4, 0.5) is 5.69 Å². The van der Waals surface area contributed by atoms with Gasteiger partial charge >= 0.3 is 0 Å². The highest BCUT2D eigenvalue weighted by Gasteiger charge is 1.96. The molecule has 2 rings (SSSR count). The molecule has 1 amide bonds. The summed E-state index contributed by atoms with van der Waals surface area (Å²) in [5.74, 6) is 0.646. The molecule has 0 radical (unpaired) electrons. The first-order valence-electron chi connectivity index (χ1n) is 6.73. The number of hydrogen-bond donors (Lipinski definition) is 2. The summed E-state index contributed by atoms with van der Waals surface area (Å²) >= 11 is 0. The molecule has 0 bridgehead atoms. The van der Waals surface area contributed by atoms with E-state index in [1.807, 2.05) is 42.5 Å². The van der Waals surface area contributed by atoms with Crippen LogP contribution in [-0.4, -0.2) is 19.1 Å². The van der Waals surface area contributed by atoms with Gasteiger partial charge in [-0.25, -0.2) is 0 Å². The first kappa shape index (κ1) is 14.7. The third-order valence-electron chi connectivity index (χ3n) is 2.78. The van der Waals surface area contributed by atoms with E-state index in [1.165, 1.54) is 6.08 Å². The fourth-order valence-corrected chi connectivity index (χ4v) is 1.70. The second kappa shape index (κ2) is 7.75. The number of para-hydroxylation sites is 1. The van der Waals surface area contributed by atoms with E-state index in [0.717, 1.165) is 11.3 Å². The molecule has 0 heterocycles. The number of benzene rings is 2. The van der Waals surface area contributed by atoms with E-state index in [2.05, 4.69) is 5.32 Å². The molecule has 21 heavy (non-hydrogen) atoms. The van der Waals surface area contributed by atoms with Crippen molar-refractivity contribution >= 4 is 17.7 Å². The fraction of sp³-hybridized carbons (Fsp3) is 0.118. The minimum atomic E-state index is -0.150. The Bertz CT molecular complexity index is 592. The minimum absolute atomic E-state index is 0.150. The maximum absolute atomic E-state index is 11.6. The third kappa shape index (κ3) is 5.40. The molecule has 0 unspecified atom stereocenters. The SMILES string of the molecule is Nc1ccc(/C=C/C(=O)NCCOc2ccccc2)cc1. The lowest BCUT2D eigenvalue weighted by molar-refractivity contribution is -0.116. The normalized spacial score (nSPS) is 10.5. The zero-order valence-electron chi connectivity index (χ0n) is 11.7. The zero-order valence-corrected chi connectivity index (χ0v) is 11.7. The average molecular weight is 282 g/mol. The van der Waals surface area contributed by atoms with Gasteiger partial charge in [0.2, 0.25) is 5.91 Å². The van der Waals surface area contributed by atoms with Crippen molar-refractivity contribution in [2.45, 2.75) is 0 Å². The lowest BCUT2D eigenvalue weighted by Gasteiger charge is -2.06. The molecule has 4 heteroatoms. The Morgan fingerprint density at radius 2 is 1.81 bits per heavy atom. The Kier molecular flexibility index (Phi) is 5.41. The number of amides is 1. The maximum Gasteiger partial charge on any atom is 0.244 e. The standard InChI is InChI=1S/C17H18N2O2/c18-15-9-6-14(7-10-15)8-11-17(20)19-12-13-21-16-4-2-1-3-5-16/h1-11H,12-13,18H2,(H,19,20)/b11-8+. The van der Waals surface area contributed by atoms with E-state index in [-0.39, 0.29) is 5.91 Å². The number of rotatable bonds is 6. The van der Waals surface area contributed by atoms with E-state index in [9.17, 15) is 4.79 Å². The summed E-state index contributed by atoms with van der Waals surface area (Å²) in [6, 6.07) is 16.8. The lowest BCUT2D eigenvalue weighted by atomic mass is 10.2. The van der Waals surface area contributed by atoms with Crippen molar-refractivity contribution < 1.29 is 9.53 Å². The molecule has 0 saturated carbocycles. The van der Waals surface area contributed by atoms with Crippen LogP contribution < -0.4 is 15.8 Å². The highest BCUT2D eigenvalue weighted by Crippen LogP contribution is 2.08. The van der Waals surface area contributed by atoms with Crippen molar-refractivity contribution in [1.29, 1.82) is 0 Å². The molecule has 0 aliphatic carbocycles. The van der Waals surface area contributed by atoms with Crippen LogP contribution in [0.25, 0.3) is 6.08 Å². The van der Waals surface area contributed by atoms with Crippen molar-refractivity contribution in [2.75, 3.05) is 18.9 Å². The Hall–Kier alpha value is -2.75. The van der Waals surface area contributed by atoms with Crippen LogP contribution in [-0.2, 0) is 4.79 Å². The number of carbonyl (C=O) groups is 1. The van der Waals surface area contributed by atoms with Gasteiger partial charge < -0.3 is 15.8 Å². The van der Waals surface area contributed by atoms with E-state index < -0.39 is 0 Å². The summed E-state index contributed by atoms with van der Waals surface area (Å²) in [6.45, 7) is 0.894. The fourth-order valence-electron chi connectivity index (χ4n) is 1.70. The molecule has 0 saturated heterocycles. The van der Waals surface area contributed by atoms with Gasteiger partial charge in [0.05, 0.1) is 6.54 Å². The first-order chi connectivity index (χ1) is 10.2. The molecule has 0 atom stereocenters. The number of carbonyl (C=O) groups excluding carboxylic acids is 1. The summed E-state index contributed by atoms with van der Waals surface area (Å²) in [4.78, 5) is 11.6. The highest BCUT2D eigenvalue weighted by atomic mass is 16.5. The van der Waals surface area contributed by atoms with Gasteiger partial charge in [0.1, 0.15) is 12.4 Å². The third-order valence-corrected chi connectivity index (χ3v) is 2.78. The van der Waals surface area contributed by atoms with Crippen molar-refractivity contribution in [3.63, 3.8) is 0 Å². The molecule has 108 valence electrons. The van der Waals surface area contributed by atoms with Crippen molar-refractivity contribution in [3.8, 4) is 5.75 Å². The van der Waals surface area contributed by atoms with Crippen molar-refractivity contribution in [2.24, 2.45) is 0 Å². The van der Waals surface area contributed by atoms with Crippen LogP contribution >= 0.6 is 0 Å². The Morgan fingerprint density at radius 1 is 1.10 bits per heavy atom. The number of nitrogens with one attached hydrogen (secondary N) is 1. The number of nitrogen functional groups attached to an aromatic ring is 1. The van der Waals surface area contributed by atoms with Crippen LogP contribution in [0.5, 0.6) is 5.75 Å². The summed E-state index contributed by atoms with van der Waals surface area (Å²) in [5.41, 5.74) is 7.23. The summed E-state index contributed by atoms with van der Waals surface area (Å²) < 4.78 is 5.48. The molecular weight excluding hydrogens is 264 g/mol. The van der Waals surface area contributed by atoms with Crippen LogP contribution in [0.3, 0.4) is 0 Å². The number of anilines is 1. The number of hydrogen-bond acceptors (Lipinski definition) is 3. The Balaban J connectivity index is 1.69. The Morgan fingerprint density at radius 3 is 2.52 bits per heavy atom. The second-order valence-corrected chi connectivity index (χ2v) is 4.45. The molecular formula is C17H18N2O2. The summed E-state index contributed by atoms with van der Waals surface area (Å²) in [7, 11) is 0. The summed E-state index contributed by atoms with van der Waals surface area (Å²) in [6.07, 6.45) is 3.24. The van der Waals surface area contributed by atoms with E-state index in [0.29, 0.717) is 18.8 Å². The molecule has 0 aromatic heterocycles. The quantitative estimate of drug-likeness (QED) is 0.486. The van der Waals surface area contributed by atoms with Gasteiger partial charge in [0.15, 0.2) is 0 Å². The highest BCUT2D eigenvalue weighted by molar-refractivity contribution is 5.91. The number of nitrogens with two attached hydrogens (primary N) is 1. The molecule has 0 aliphatic rings. The van der Waals surface area contributed by atoms with Crippen LogP contribution in [0, 0.1) is 0 Å². The monoisotopic (exact) mass is 282 g/mol. The summed E-state index contributed by atoms with van der Waals surface area (Å²) in [5, 5.41) is 2.76. The van der Waals surface area contributed by atoms with Crippen LogP contribution in [0.15, 0.2) is 60.7 Å². The number of ether oxygens (including phenoxy) is 1. The van der Waals surface area contributed by atoms with Crippen LogP contribution in [0.1, 0.15) is 5.56 Å². The van der Waals surface area contributed by atoms with E-state index in [4.69, 9.17) is 10.5 Å². The molecule has 2 aromatic rings. The molecule has 0 fully saturated rings. The largest absolute Gasteiger partial charge is 0.492 e. The van der Waals surface area contributed by atoms with E-state index >= 15 is 0 Å². The molecule has 3 N–H and O–H groups in total. The topological polar surface area (TPSA) is 64.4 Å². The first-order valence-corrected chi connectivity index (χ1v) is 6.73. The maximum atomic E-state index is 11.6. The smallest absolute Gasteiger partial charge is 0.244 e. The van der Waals surface area contributed by atoms with Crippen LogP contribution in [0.2, 0.25) is 0 Å². The molecule has 4 nitrogen and oxygen atoms in total. The van der Waals surface area contributed by atoms with Gasteiger partial charge in [-0.1, -0.05) is 30.3 Å². The lowest BCUT2D eigenvalue weighted by Crippen LogP contribution is -2.26. The average Bonchev–Trinajstić information content (AvgIpc) is 2.52. The van der Waals surface area contributed by atoms with Gasteiger partial charge in [-0.2, -0.15) is 0 Å². The van der Waals surface area contributed by atoms with Gasteiger partial charge in [-0.05, 0) is 35.9 Å². The van der Waals surface area contributed by atoms with Gasteiger partial charge in [0, 0.05) is 11.8 Å². The van der Waals surface area contributed by atoms with Crippen molar-refractivity contribution in [3.05, 3.63) is 66.2 Å². The Labute approximate surface area is 124 Å². The molecule has 0 aliphatic heterocycles.